The molecule has 1 aliphatic rings. The van der Waals surface area contributed by atoms with Gasteiger partial charge in [-0.15, -0.1) is 0 Å². The highest BCUT2D eigenvalue weighted by Crippen LogP contribution is 2.45. The first kappa shape index (κ1) is 24.4. The Balaban J connectivity index is 2.59. The van der Waals surface area contributed by atoms with Crippen molar-refractivity contribution in [1.82, 2.24) is 10.2 Å². The van der Waals surface area contributed by atoms with Gasteiger partial charge in [-0.25, -0.2) is 4.79 Å². The van der Waals surface area contributed by atoms with Crippen LogP contribution in [0.1, 0.15) is 57.0 Å². The van der Waals surface area contributed by atoms with E-state index in [0.29, 0.717) is 6.42 Å². The maximum absolute atomic E-state index is 14.4. The average molecular weight is 440 g/mol. The SMILES string of the molecule is CCCN1C(=O)[C@](NC(=O)c2ccc(C(C)(C)C)cc2)(C(F)(F)F)C(C(=O)OC)=C1C. The first-order valence-corrected chi connectivity index (χ1v) is 9.83. The molecule has 1 N–H and O–H groups in total. The van der Waals surface area contributed by atoms with Crippen LogP contribution in [0.4, 0.5) is 13.2 Å². The molecule has 0 fully saturated rings. The molecule has 9 heteroatoms. The van der Waals surface area contributed by atoms with E-state index in [0.717, 1.165) is 17.6 Å². The molecule has 0 saturated carbocycles. The molecular formula is C22H27F3N2O4. The zero-order chi connectivity index (χ0) is 23.8. The maximum Gasteiger partial charge on any atom is 0.425 e. The van der Waals surface area contributed by atoms with Gasteiger partial charge < -0.3 is 15.0 Å². The minimum Gasteiger partial charge on any atom is -0.466 e. The number of hydrogen-bond acceptors (Lipinski definition) is 4. The van der Waals surface area contributed by atoms with Gasteiger partial charge in [-0.1, -0.05) is 39.8 Å². The number of allylic oxidation sites excluding steroid dienone is 1. The second-order valence-corrected chi connectivity index (χ2v) is 8.44. The monoisotopic (exact) mass is 440 g/mol. The van der Waals surface area contributed by atoms with Crippen molar-refractivity contribution < 1.29 is 32.3 Å². The van der Waals surface area contributed by atoms with Gasteiger partial charge in [-0.05, 0) is 36.5 Å². The number of rotatable bonds is 5. The van der Waals surface area contributed by atoms with Crippen LogP contribution in [0.2, 0.25) is 0 Å². The number of nitrogens with zero attached hydrogens (tertiary/aromatic N) is 1. The molecule has 1 heterocycles. The second-order valence-electron chi connectivity index (χ2n) is 8.44. The van der Waals surface area contributed by atoms with Gasteiger partial charge in [0.05, 0.1) is 7.11 Å². The lowest BCUT2D eigenvalue weighted by molar-refractivity contribution is -0.192. The number of carbonyl (C=O) groups is 3. The van der Waals surface area contributed by atoms with Crippen LogP contribution in [0, 0.1) is 0 Å². The lowest BCUT2D eigenvalue weighted by Crippen LogP contribution is -2.66. The average Bonchev–Trinajstić information content (AvgIpc) is 2.89. The summed E-state index contributed by atoms with van der Waals surface area (Å²) in [4.78, 5) is 39.0. The zero-order valence-electron chi connectivity index (χ0n) is 18.4. The van der Waals surface area contributed by atoms with E-state index >= 15 is 0 Å². The van der Waals surface area contributed by atoms with Crippen LogP contribution in [0.15, 0.2) is 35.5 Å². The lowest BCUT2D eigenvalue weighted by atomic mass is 9.86. The molecule has 1 aromatic rings. The summed E-state index contributed by atoms with van der Waals surface area (Å²) in [6.45, 7) is 8.74. The first-order valence-electron chi connectivity index (χ1n) is 9.83. The predicted octanol–water partition coefficient (Wildman–Crippen LogP) is 3.71. The summed E-state index contributed by atoms with van der Waals surface area (Å²) in [6.07, 6.45) is -4.92. The highest BCUT2D eigenvalue weighted by molar-refractivity contribution is 6.11. The summed E-state index contributed by atoms with van der Waals surface area (Å²) in [5.41, 5.74) is -4.06. The van der Waals surface area contributed by atoms with Crippen LogP contribution >= 0.6 is 0 Å². The third-order valence-corrected chi connectivity index (χ3v) is 5.28. The summed E-state index contributed by atoms with van der Waals surface area (Å²) >= 11 is 0. The Morgan fingerprint density at radius 1 is 1.13 bits per heavy atom. The summed E-state index contributed by atoms with van der Waals surface area (Å²) in [7, 11) is 0.920. The summed E-state index contributed by atoms with van der Waals surface area (Å²) in [5.74, 6) is -3.89. The number of nitrogens with one attached hydrogen (secondary N) is 1. The van der Waals surface area contributed by atoms with Crippen LogP contribution in [-0.2, 0) is 19.7 Å². The standard InChI is InChI=1S/C22H27F3N2O4/c1-7-12-27-13(2)16(18(29)31-6)21(19(27)30,22(23,24)25)26-17(28)14-8-10-15(11-9-14)20(3,4)5/h8-11H,7,12H2,1-6H3,(H,26,28)/t21-/m0/s1. The van der Waals surface area contributed by atoms with E-state index in [1.165, 1.54) is 19.1 Å². The molecule has 0 bridgehead atoms. The molecule has 0 aromatic heterocycles. The molecule has 0 unspecified atom stereocenters. The van der Waals surface area contributed by atoms with Crippen LogP contribution in [-0.4, -0.2) is 48.1 Å². The number of carbonyl (C=O) groups excluding carboxylic acids is 3. The van der Waals surface area contributed by atoms with Crippen LogP contribution < -0.4 is 5.32 Å². The van der Waals surface area contributed by atoms with Crippen LogP contribution in [0.5, 0.6) is 0 Å². The van der Waals surface area contributed by atoms with Gasteiger partial charge >= 0.3 is 12.1 Å². The third-order valence-electron chi connectivity index (χ3n) is 5.28. The van der Waals surface area contributed by atoms with E-state index in [1.807, 2.05) is 26.1 Å². The van der Waals surface area contributed by atoms with Crippen molar-refractivity contribution in [2.75, 3.05) is 13.7 Å². The quantitative estimate of drug-likeness (QED) is 0.709. The van der Waals surface area contributed by atoms with Crippen molar-refractivity contribution in [3.8, 4) is 0 Å². The summed E-state index contributed by atoms with van der Waals surface area (Å²) < 4.78 is 47.7. The fourth-order valence-electron chi connectivity index (χ4n) is 3.58. The second kappa shape index (κ2) is 8.36. The number of methoxy groups -OCH3 is 1. The fraction of sp³-hybridized carbons (Fsp3) is 0.500. The van der Waals surface area contributed by atoms with Gasteiger partial charge in [-0.3, -0.25) is 9.59 Å². The highest BCUT2D eigenvalue weighted by Gasteiger charge is 2.70. The molecule has 2 rings (SSSR count). The first-order chi connectivity index (χ1) is 14.2. The molecular weight excluding hydrogens is 413 g/mol. The van der Waals surface area contributed by atoms with Gasteiger partial charge in [-0.2, -0.15) is 13.2 Å². The summed E-state index contributed by atoms with van der Waals surface area (Å²) in [5, 5.41) is 1.83. The molecule has 6 nitrogen and oxygen atoms in total. The molecule has 0 radical (unpaired) electrons. The van der Waals surface area contributed by atoms with Gasteiger partial charge in [0.1, 0.15) is 5.57 Å². The molecule has 0 aliphatic carbocycles. The van der Waals surface area contributed by atoms with Gasteiger partial charge in [0, 0.05) is 17.8 Å². The number of ether oxygens (including phenoxy) is 1. The molecule has 31 heavy (non-hydrogen) atoms. The number of benzene rings is 1. The van der Waals surface area contributed by atoms with Gasteiger partial charge in [0.2, 0.25) is 0 Å². The normalized spacial score (nSPS) is 19.6. The molecule has 0 spiro atoms. The van der Waals surface area contributed by atoms with Crippen molar-refractivity contribution in [2.24, 2.45) is 0 Å². The Morgan fingerprint density at radius 3 is 2.10 bits per heavy atom. The van der Waals surface area contributed by atoms with Crippen molar-refractivity contribution in [3.63, 3.8) is 0 Å². The molecule has 170 valence electrons. The van der Waals surface area contributed by atoms with Crippen molar-refractivity contribution >= 4 is 17.8 Å². The fourth-order valence-corrected chi connectivity index (χ4v) is 3.58. The number of amides is 2. The summed E-state index contributed by atoms with van der Waals surface area (Å²) in [6, 6.07) is 6.05. The molecule has 2 amide bonds. The van der Waals surface area contributed by atoms with Crippen LogP contribution in [0.25, 0.3) is 0 Å². The minimum atomic E-state index is -5.28. The minimum absolute atomic E-state index is 0.0425. The molecule has 1 aliphatic heterocycles. The molecule has 1 atom stereocenters. The van der Waals surface area contributed by atoms with Crippen molar-refractivity contribution in [2.45, 2.75) is 58.2 Å². The molecule has 1 aromatic carbocycles. The van der Waals surface area contributed by atoms with Crippen molar-refractivity contribution in [1.29, 1.82) is 0 Å². The van der Waals surface area contributed by atoms with E-state index in [1.54, 1.807) is 19.1 Å². The Kier molecular flexibility index (Phi) is 6.59. The Bertz CT molecular complexity index is 914. The Morgan fingerprint density at radius 2 is 1.68 bits per heavy atom. The van der Waals surface area contributed by atoms with E-state index in [4.69, 9.17) is 0 Å². The zero-order valence-corrected chi connectivity index (χ0v) is 18.4. The van der Waals surface area contributed by atoms with Crippen molar-refractivity contribution in [3.05, 3.63) is 46.7 Å². The van der Waals surface area contributed by atoms with E-state index < -0.39 is 35.1 Å². The predicted molar refractivity (Wildman–Crippen MR) is 108 cm³/mol. The third kappa shape index (κ3) is 4.18. The van der Waals surface area contributed by atoms with E-state index in [-0.39, 0.29) is 23.2 Å². The van der Waals surface area contributed by atoms with Gasteiger partial charge in [0.15, 0.2) is 0 Å². The van der Waals surface area contributed by atoms with Gasteiger partial charge in [0.25, 0.3) is 17.4 Å². The van der Waals surface area contributed by atoms with E-state index in [2.05, 4.69) is 4.74 Å². The smallest absolute Gasteiger partial charge is 0.425 e. The largest absolute Gasteiger partial charge is 0.466 e. The molecule has 0 saturated heterocycles. The number of hydrogen-bond donors (Lipinski definition) is 1. The number of halogens is 3. The van der Waals surface area contributed by atoms with Crippen LogP contribution in [0.3, 0.4) is 0 Å². The number of alkyl halides is 3. The number of esters is 1. The van der Waals surface area contributed by atoms with E-state index in [9.17, 15) is 27.6 Å². The Labute approximate surface area is 179 Å². The Hall–Kier alpha value is -2.84. The highest BCUT2D eigenvalue weighted by atomic mass is 19.4. The maximum atomic E-state index is 14.4. The lowest BCUT2D eigenvalue weighted by Gasteiger charge is -2.33. The topological polar surface area (TPSA) is 75.7 Å².